The summed E-state index contributed by atoms with van der Waals surface area (Å²) in [5, 5.41) is 10.2. The van der Waals surface area contributed by atoms with Crippen molar-refractivity contribution >= 4 is 23.8 Å². The quantitative estimate of drug-likeness (QED) is 0.675. The summed E-state index contributed by atoms with van der Waals surface area (Å²) >= 11 is 1.85. The lowest BCUT2D eigenvalue weighted by Crippen LogP contribution is -2.01. The van der Waals surface area contributed by atoms with Gasteiger partial charge in [0.15, 0.2) is 0 Å². The fourth-order valence-corrected chi connectivity index (χ4v) is 1.37. The molecular weight excluding hydrogens is 188 g/mol. The third-order valence-corrected chi connectivity index (χ3v) is 2.19. The topological polar surface area (TPSA) is 77.0 Å². The number of rotatable bonds is 6. The molecule has 1 rings (SSSR count). The van der Waals surface area contributed by atoms with Crippen molar-refractivity contribution < 1.29 is 4.42 Å². The summed E-state index contributed by atoms with van der Waals surface area (Å²) in [4.78, 5) is 0. The molecular formula is C7H14N4OS. The van der Waals surface area contributed by atoms with Gasteiger partial charge in [-0.25, -0.2) is 0 Å². The van der Waals surface area contributed by atoms with Crippen molar-refractivity contribution in [3.8, 4) is 0 Å². The van der Waals surface area contributed by atoms with Crippen LogP contribution in [0.3, 0.4) is 0 Å². The first-order valence-electron chi connectivity index (χ1n) is 4.14. The van der Waals surface area contributed by atoms with E-state index in [1.165, 1.54) is 12.2 Å². The third-order valence-electron chi connectivity index (χ3n) is 1.49. The van der Waals surface area contributed by atoms with Gasteiger partial charge in [-0.1, -0.05) is 10.2 Å². The highest BCUT2D eigenvalue weighted by Crippen LogP contribution is 2.06. The van der Waals surface area contributed by atoms with Gasteiger partial charge in [0.05, 0.1) is 0 Å². The minimum Gasteiger partial charge on any atom is -0.390 e. The maximum Gasteiger partial charge on any atom is 0.316 e. The molecule has 1 aromatic heterocycles. The predicted octanol–water partition coefficient (Wildman–Crippen LogP) is 1.21. The van der Waals surface area contributed by atoms with Crippen molar-refractivity contribution in [2.24, 2.45) is 0 Å². The minimum atomic E-state index is 0.103. The first kappa shape index (κ1) is 10.2. The Morgan fingerprint density at radius 2 is 2.31 bits per heavy atom. The number of hydrogen-bond donors (Lipinski definition) is 2. The van der Waals surface area contributed by atoms with E-state index in [-0.39, 0.29) is 6.01 Å². The molecule has 0 aliphatic rings. The zero-order valence-corrected chi connectivity index (χ0v) is 8.43. The molecule has 1 heterocycles. The van der Waals surface area contributed by atoms with Crippen LogP contribution in [0.4, 0.5) is 12.0 Å². The summed E-state index contributed by atoms with van der Waals surface area (Å²) in [6, 6.07) is 0.508. The zero-order chi connectivity index (χ0) is 9.52. The van der Waals surface area contributed by atoms with Gasteiger partial charge in [0.1, 0.15) is 0 Å². The van der Waals surface area contributed by atoms with Gasteiger partial charge in [-0.15, -0.1) is 0 Å². The van der Waals surface area contributed by atoms with Gasteiger partial charge < -0.3 is 15.5 Å². The lowest BCUT2D eigenvalue weighted by molar-refractivity contribution is 0.584. The van der Waals surface area contributed by atoms with Crippen LogP contribution in [-0.4, -0.2) is 28.8 Å². The smallest absolute Gasteiger partial charge is 0.316 e. The maximum atomic E-state index is 5.25. The number of aromatic nitrogens is 2. The Balaban J connectivity index is 2.06. The molecule has 0 fully saturated rings. The zero-order valence-electron chi connectivity index (χ0n) is 7.62. The van der Waals surface area contributed by atoms with Crippen molar-refractivity contribution in [1.82, 2.24) is 10.2 Å². The number of nitrogen functional groups attached to an aromatic ring is 1. The number of unbranched alkanes of at least 4 members (excludes halogenated alkanes) is 1. The molecule has 0 aliphatic carbocycles. The van der Waals surface area contributed by atoms with Crippen LogP contribution in [0, 0.1) is 0 Å². The lowest BCUT2D eigenvalue weighted by Gasteiger charge is -1.99. The molecule has 13 heavy (non-hydrogen) atoms. The normalized spacial score (nSPS) is 10.2. The van der Waals surface area contributed by atoms with E-state index in [9.17, 15) is 0 Å². The van der Waals surface area contributed by atoms with E-state index in [0.717, 1.165) is 13.0 Å². The van der Waals surface area contributed by atoms with Gasteiger partial charge in [0.25, 0.3) is 0 Å². The van der Waals surface area contributed by atoms with Gasteiger partial charge in [-0.2, -0.15) is 11.8 Å². The average molecular weight is 202 g/mol. The largest absolute Gasteiger partial charge is 0.390 e. The molecule has 0 bridgehead atoms. The molecule has 0 aromatic carbocycles. The predicted molar refractivity (Wildman–Crippen MR) is 54.8 cm³/mol. The molecule has 0 amide bonds. The molecule has 0 atom stereocenters. The second kappa shape index (κ2) is 5.69. The van der Waals surface area contributed by atoms with E-state index in [0.29, 0.717) is 6.01 Å². The maximum absolute atomic E-state index is 5.25. The molecule has 0 spiro atoms. The van der Waals surface area contributed by atoms with Crippen molar-refractivity contribution in [1.29, 1.82) is 0 Å². The monoisotopic (exact) mass is 202 g/mol. The molecule has 0 radical (unpaired) electrons. The Kier molecular flexibility index (Phi) is 4.45. The van der Waals surface area contributed by atoms with E-state index < -0.39 is 0 Å². The molecule has 0 saturated heterocycles. The summed E-state index contributed by atoms with van der Waals surface area (Å²) in [6.45, 7) is 0.849. The van der Waals surface area contributed by atoms with Crippen LogP contribution in [0.2, 0.25) is 0 Å². The van der Waals surface area contributed by atoms with E-state index in [4.69, 9.17) is 10.2 Å². The lowest BCUT2D eigenvalue weighted by atomic mass is 10.3. The number of thioether (sulfide) groups is 1. The Morgan fingerprint density at radius 3 is 2.92 bits per heavy atom. The summed E-state index contributed by atoms with van der Waals surface area (Å²) < 4.78 is 4.93. The van der Waals surface area contributed by atoms with E-state index in [1.807, 2.05) is 11.8 Å². The van der Waals surface area contributed by atoms with Crippen LogP contribution in [0.15, 0.2) is 4.42 Å². The van der Waals surface area contributed by atoms with Crippen LogP contribution in [0.25, 0.3) is 0 Å². The number of nitrogens with zero attached hydrogens (tertiary/aromatic N) is 2. The summed E-state index contributed by atoms with van der Waals surface area (Å²) in [6.07, 6.45) is 4.40. The minimum absolute atomic E-state index is 0.103. The van der Waals surface area contributed by atoms with Crippen molar-refractivity contribution in [3.05, 3.63) is 0 Å². The molecule has 1 aromatic rings. The molecule has 6 heteroatoms. The number of anilines is 2. The van der Waals surface area contributed by atoms with Gasteiger partial charge in [0, 0.05) is 6.54 Å². The van der Waals surface area contributed by atoms with Gasteiger partial charge in [0.2, 0.25) is 0 Å². The number of nitrogens with two attached hydrogens (primary N) is 1. The Bertz CT molecular complexity index is 240. The molecule has 74 valence electrons. The average Bonchev–Trinajstić information content (AvgIpc) is 2.51. The Labute approximate surface area is 81.5 Å². The molecule has 5 nitrogen and oxygen atoms in total. The Morgan fingerprint density at radius 1 is 1.46 bits per heavy atom. The molecule has 0 unspecified atom stereocenters. The van der Waals surface area contributed by atoms with E-state index in [2.05, 4.69) is 21.8 Å². The van der Waals surface area contributed by atoms with Gasteiger partial charge in [-0.05, 0) is 24.9 Å². The molecule has 3 N–H and O–H groups in total. The summed E-state index contributed by atoms with van der Waals surface area (Å²) in [7, 11) is 0. The van der Waals surface area contributed by atoms with Crippen LogP contribution in [0.1, 0.15) is 12.8 Å². The first-order chi connectivity index (χ1) is 6.33. The van der Waals surface area contributed by atoms with Crippen molar-refractivity contribution in [3.63, 3.8) is 0 Å². The molecule has 0 aliphatic heterocycles. The fourth-order valence-electron chi connectivity index (χ4n) is 0.873. The summed E-state index contributed by atoms with van der Waals surface area (Å²) in [5.41, 5.74) is 5.25. The highest BCUT2D eigenvalue weighted by atomic mass is 32.2. The molecule has 0 saturated carbocycles. The second-order valence-corrected chi connectivity index (χ2v) is 3.56. The standard InChI is InChI=1S/C7H14N4OS/c1-13-5-3-2-4-9-7-11-10-6(8)12-7/h2-5H2,1H3,(H2,8,10)(H,9,11). The first-order valence-corrected chi connectivity index (χ1v) is 5.54. The highest BCUT2D eigenvalue weighted by molar-refractivity contribution is 7.98. The van der Waals surface area contributed by atoms with Crippen molar-refractivity contribution in [2.75, 3.05) is 29.6 Å². The third kappa shape index (κ3) is 4.02. The highest BCUT2D eigenvalue weighted by Gasteiger charge is 1.99. The SMILES string of the molecule is CSCCCCNc1nnc(N)o1. The summed E-state index contributed by atoms with van der Waals surface area (Å²) in [5.74, 6) is 1.19. The van der Waals surface area contributed by atoms with Crippen LogP contribution in [0.5, 0.6) is 0 Å². The van der Waals surface area contributed by atoms with Crippen LogP contribution < -0.4 is 11.1 Å². The fraction of sp³-hybridized carbons (Fsp3) is 0.714. The van der Waals surface area contributed by atoms with E-state index >= 15 is 0 Å². The Hall–Kier alpha value is -0.910. The van der Waals surface area contributed by atoms with Crippen LogP contribution in [-0.2, 0) is 0 Å². The van der Waals surface area contributed by atoms with Crippen molar-refractivity contribution in [2.45, 2.75) is 12.8 Å². The number of hydrogen-bond acceptors (Lipinski definition) is 6. The van der Waals surface area contributed by atoms with Crippen LogP contribution >= 0.6 is 11.8 Å². The second-order valence-electron chi connectivity index (χ2n) is 2.57. The number of nitrogens with one attached hydrogen (secondary N) is 1. The van der Waals surface area contributed by atoms with Gasteiger partial charge >= 0.3 is 12.0 Å². The van der Waals surface area contributed by atoms with E-state index in [1.54, 1.807) is 0 Å². The van der Waals surface area contributed by atoms with Gasteiger partial charge in [-0.3, -0.25) is 0 Å².